The molecule has 2 aromatic carbocycles. The summed E-state index contributed by atoms with van der Waals surface area (Å²) in [5, 5.41) is 0.500. The van der Waals surface area contributed by atoms with Gasteiger partial charge >= 0.3 is 6.16 Å². The summed E-state index contributed by atoms with van der Waals surface area (Å²) in [4.78, 5) is 30.8. The quantitative estimate of drug-likeness (QED) is 0.594. The molecule has 0 spiro atoms. The number of ether oxygens (including phenoxy) is 2. The molecule has 116 valence electrons. The maximum Gasteiger partial charge on any atom is 0.513 e. The van der Waals surface area contributed by atoms with E-state index in [2.05, 4.69) is 9.97 Å². The molecule has 0 aliphatic carbocycles. The van der Waals surface area contributed by atoms with Crippen molar-refractivity contribution in [2.24, 2.45) is 0 Å². The molecule has 0 radical (unpaired) electrons. The molecule has 1 aromatic heterocycles. The van der Waals surface area contributed by atoms with E-state index in [1.165, 1.54) is 0 Å². The first-order valence-corrected chi connectivity index (χ1v) is 7.12. The van der Waals surface area contributed by atoms with Crippen molar-refractivity contribution in [1.82, 2.24) is 9.97 Å². The molecule has 3 aromatic rings. The van der Waals surface area contributed by atoms with Gasteiger partial charge in [0.2, 0.25) is 0 Å². The molecule has 1 heterocycles. The van der Waals surface area contributed by atoms with E-state index in [4.69, 9.17) is 9.47 Å². The number of hydrogen-bond acceptors (Lipinski definition) is 5. The highest BCUT2D eigenvalue weighted by Crippen LogP contribution is 2.27. The van der Waals surface area contributed by atoms with Gasteiger partial charge in [-0.1, -0.05) is 24.3 Å². The van der Waals surface area contributed by atoms with E-state index in [0.717, 1.165) is 0 Å². The lowest BCUT2D eigenvalue weighted by Gasteiger charge is -2.09. The topological polar surface area (TPSA) is 81.3 Å². The van der Waals surface area contributed by atoms with Gasteiger partial charge in [-0.15, -0.1) is 0 Å². The molecular formula is C17H14N2O4. The molecule has 6 heteroatoms. The molecule has 6 nitrogen and oxygen atoms in total. The van der Waals surface area contributed by atoms with E-state index in [9.17, 15) is 9.59 Å². The Labute approximate surface area is 131 Å². The summed E-state index contributed by atoms with van der Waals surface area (Å²) in [7, 11) is 0. The molecule has 0 atom stereocenters. The van der Waals surface area contributed by atoms with E-state index in [0.29, 0.717) is 22.3 Å². The maximum atomic E-state index is 12.1. The van der Waals surface area contributed by atoms with E-state index < -0.39 is 6.16 Å². The minimum atomic E-state index is -0.803. The lowest BCUT2D eigenvalue weighted by Crippen LogP contribution is -2.12. The zero-order chi connectivity index (χ0) is 16.2. The number of aromatic amines is 1. The molecule has 0 aliphatic heterocycles. The lowest BCUT2D eigenvalue weighted by atomic mass is 10.1. The van der Waals surface area contributed by atoms with Crippen molar-refractivity contribution in [1.29, 1.82) is 0 Å². The lowest BCUT2D eigenvalue weighted by molar-refractivity contribution is 0.104. The Hall–Kier alpha value is -3.15. The largest absolute Gasteiger partial charge is 0.513 e. The molecule has 0 aliphatic rings. The van der Waals surface area contributed by atoms with Crippen LogP contribution < -0.4 is 10.3 Å². The van der Waals surface area contributed by atoms with E-state index in [1.807, 2.05) is 6.07 Å². The van der Waals surface area contributed by atoms with Crippen molar-refractivity contribution in [2.45, 2.75) is 6.92 Å². The van der Waals surface area contributed by atoms with Crippen LogP contribution in [-0.2, 0) is 4.74 Å². The molecule has 1 N–H and O–H groups in total. The third-order valence-electron chi connectivity index (χ3n) is 3.22. The fraction of sp³-hybridized carbons (Fsp3) is 0.118. The van der Waals surface area contributed by atoms with Crippen LogP contribution in [-0.4, -0.2) is 22.7 Å². The van der Waals surface area contributed by atoms with Crippen LogP contribution in [0.1, 0.15) is 6.92 Å². The molecule has 0 unspecified atom stereocenters. The van der Waals surface area contributed by atoms with Gasteiger partial charge in [-0.05, 0) is 31.2 Å². The van der Waals surface area contributed by atoms with Gasteiger partial charge in [-0.25, -0.2) is 4.79 Å². The Kier molecular flexibility index (Phi) is 4.05. The third kappa shape index (κ3) is 3.06. The van der Waals surface area contributed by atoms with Gasteiger partial charge in [0.05, 0.1) is 23.1 Å². The van der Waals surface area contributed by atoms with Crippen LogP contribution >= 0.6 is 0 Å². The van der Waals surface area contributed by atoms with Crippen molar-refractivity contribution in [3.8, 4) is 17.1 Å². The summed E-state index contributed by atoms with van der Waals surface area (Å²) < 4.78 is 9.95. The summed E-state index contributed by atoms with van der Waals surface area (Å²) in [6.07, 6.45) is -0.803. The van der Waals surface area contributed by atoms with Crippen molar-refractivity contribution < 1.29 is 14.3 Å². The van der Waals surface area contributed by atoms with E-state index in [1.54, 1.807) is 49.4 Å². The molecule has 3 rings (SSSR count). The van der Waals surface area contributed by atoms with Crippen LogP contribution in [0.15, 0.2) is 53.3 Å². The van der Waals surface area contributed by atoms with Crippen molar-refractivity contribution in [2.75, 3.05) is 6.61 Å². The van der Waals surface area contributed by atoms with Gasteiger partial charge in [-0.3, -0.25) is 4.79 Å². The van der Waals surface area contributed by atoms with Crippen LogP contribution in [0.3, 0.4) is 0 Å². The standard InChI is InChI=1S/C17H14N2O4/c1-2-22-17(21)23-14-10-6-4-8-12(14)15-18-13-9-5-3-7-11(13)16(20)19-15/h3-10H,2H2,1H3,(H,18,19,20). The smallest absolute Gasteiger partial charge is 0.434 e. The first-order chi connectivity index (χ1) is 11.2. The van der Waals surface area contributed by atoms with Crippen LogP contribution in [0.2, 0.25) is 0 Å². The van der Waals surface area contributed by atoms with E-state index in [-0.39, 0.29) is 17.9 Å². The van der Waals surface area contributed by atoms with Crippen LogP contribution in [0.5, 0.6) is 5.75 Å². The Balaban J connectivity index is 2.08. The average Bonchev–Trinajstić information content (AvgIpc) is 2.55. The summed E-state index contributed by atoms with van der Waals surface area (Å²) in [6, 6.07) is 13.9. The predicted molar refractivity (Wildman–Crippen MR) is 85.4 cm³/mol. The fourth-order valence-corrected chi connectivity index (χ4v) is 2.21. The van der Waals surface area contributed by atoms with Gasteiger partial charge in [0.25, 0.3) is 5.56 Å². The number of carbonyl (C=O) groups is 1. The average molecular weight is 310 g/mol. The minimum absolute atomic E-state index is 0.214. The SMILES string of the molecule is CCOC(=O)Oc1ccccc1-c1nc(=O)c2ccccc2[nH]1. The minimum Gasteiger partial charge on any atom is -0.434 e. The number of para-hydroxylation sites is 2. The van der Waals surface area contributed by atoms with Crippen molar-refractivity contribution in [3.63, 3.8) is 0 Å². The van der Waals surface area contributed by atoms with Crippen LogP contribution in [0.25, 0.3) is 22.3 Å². The molecule has 0 amide bonds. The number of H-pyrrole nitrogens is 1. The van der Waals surface area contributed by atoms with Crippen molar-refractivity contribution >= 4 is 17.1 Å². The van der Waals surface area contributed by atoms with Gasteiger partial charge in [-0.2, -0.15) is 4.98 Å². The number of nitrogens with zero attached hydrogens (tertiary/aromatic N) is 1. The molecular weight excluding hydrogens is 296 g/mol. The molecule has 0 fully saturated rings. The number of nitrogens with one attached hydrogen (secondary N) is 1. The maximum absolute atomic E-state index is 12.1. The normalized spacial score (nSPS) is 10.5. The molecule has 0 saturated carbocycles. The van der Waals surface area contributed by atoms with Crippen LogP contribution in [0.4, 0.5) is 4.79 Å². The molecule has 0 bridgehead atoms. The number of benzene rings is 2. The second kappa shape index (κ2) is 6.31. The summed E-state index contributed by atoms with van der Waals surface area (Å²) in [5.74, 6) is 0.595. The monoisotopic (exact) mass is 310 g/mol. The Morgan fingerprint density at radius 1 is 1.13 bits per heavy atom. The van der Waals surface area contributed by atoms with Crippen LogP contribution in [0, 0.1) is 0 Å². The Bertz CT molecular complexity index is 918. The number of rotatable bonds is 3. The highest BCUT2D eigenvalue weighted by Gasteiger charge is 2.14. The number of aromatic nitrogens is 2. The van der Waals surface area contributed by atoms with E-state index >= 15 is 0 Å². The third-order valence-corrected chi connectivity index (χ3v) is 3.22. The second-order valence-electron chi connectivity index (χ2n) is 4.72. The fourth-order valence-electron chi connectivity index (χ4n) is 2.21. The zero-order valence-corrected chi connectivity index (χ0v) is 12.4. The van der Waals surface area contributed by atoms with Gasteiger partial charge in [0.15, 0.2) is 0 Å². The summed E-state index contributed by atoms with van der Waals surface area (Å²) >= 11 is 0. The predicted octanol–water partition coefficient (Wildman–Crippen LogP) is 3.13. The van der Waals surface area contributed by atoms with Gasteiger partial charge in [0, 0.05) is 0 Å². The summed E-state index contributed by atoms with van der Waals surface area (Å²) in [6.45, 7) is 1.90. The molecule has 0 saturated heterocycles. The van der Waals surface area contributed by atoms with Gasteiger partial charge in [0.1, 0.15) is 11.6 Å². The zero-order valence-electron chi connectivity index (χ0n) is 12.4. The Morgan fingerprint density at radius 3 is 2.70 bits per heavy atom. The van der Waals surface area contributed by atoms with Gasteiger partial charge < -0.3 is 14.5 Å². The van der Waals surface area contributed by atoms with Crippen molar-refractivity contribution in [3.05, 3.63) is 58.9 Å². The number of fused-ring (bicyclic) bond motifs is 1. The molecule has 23 heavy (non-hydrogen) atoms. The second-order valence-corrected chi connectivity index (χ2v) is 4.72. The summed E-state index contributed by atoms with van der Waals surface area (Å²) in [5.41, 5.74) is 0.817. The Morgan fingerprint density at radius 2 is 1.87 bits per heavy atom. The first kappa shape index (κ1) is 14.8. The highest BCUT2D eigenvalue weighted by molar-refractivity contribution is 5.80. The number of carbonyl (C=O) groups excluding carboxylic acids is 1. The first-order valence-electron chi connectivity index (χ1n) is 7.12. The highest BCUT2D eigenvalue weighted by atomic mass is 16.7. The number of hydrogen-bond donors (Lipinski definition) is 1.